The van der Waals surface area contributed by atoms with Crippen LogP contribution in [0.4, 0.5) is 0 Å². The molecular weight excluding hydrogens is 326 g/mol. The molecule has 1 aliphatic heterocycles. The van der Waals surface area contributed by atoms with E-state index in [2.05, 4.69) is 48.7 Å². The molecule has 0 aromatic rings. The first-order valence-corrected chi connectivity index (χ1v) is 10.3. The average Bonchev–Trinajstić information content (AvgIpc) is 3.39. The molecule has 0 saturated carbocycles. The lowest BCUT2D eigenvalue weighted by Gasteiger charge is -2.00. The highest BCUT2D eigenvalue weighted by Crippen LogP contribution is 2.29. The van der Waals surface area contributed by atoms with Gasteiger partial charge in [-0.15, -0.1) is 0 Å². The van der Waals surface area contributed by atoms with Crippen LogP contribution in [0.1, 0.15) is 71.1 Å². The Hall–Kier alpha value is -1.39. The number of hydrogen-bond donors (Lipinski definition) is 2. The van der Waals surface area contributed by atoms with Gasteiger partial charge in [-0.3, -0.25) is 4.79 Å². The van der Waals surface area contributed by atoms with Crippen LogP contribution in [0.2, 0.25) is 0 Å². The third kappa shape index (κ3) is 12.9. The highest BCUT2D eigenvalue weighted by atomic mass is 16.6. The average molecular weight is 364 g/mol. The number of ether oxygens (including phenoxy) is 1. The first-order valence-electron chi connectivity index (χ1n) is 10.3. The normalized spacial score (nSPS) is 19.8. The molecule has 4 heteroatoms. The fourth-order valence-corrected chi connectivity index (χ4v) is 2.74. The third-order valence-corrected chi connectivity index (χ3v) is 4.38. The van der Waals surface area contributed by atoms with Gasteiger partial charge in [0.25, 0.3) is 0 Å². The molecule has 26 heavy (non-hydrogen) atoms. The smallest absolute Gasteiger partial charge is 0.220 e. The number of nitrogens with one attached hydrogen (secondary N) is 1. The minimum Gasteiger partial charge on any atom is -0.395 e. The summed E-state index contributed by atoms with van der Waals surface area (Å²) in [6, 6.07) is 0. The van der Waals surface area contributed by atoms with Gasteiger partial charge in [0.2, 0.25) is 5.91 Å². The predicted molar refractivity (Wildman–Crippen MR) is 108 cm³/mol. The minimum absolute atomic E-state index is 0.000366. The Balaban J connectivity index is 1.91. The molecule has 0 aliphatic carbocycles. The Morgan fingerprint density at radius 2 is 1.62 bits per heavy atom. The zero-order chi connectivity index (χ0) is 18.9. The molecule has 0 bridgehead atoms. The van der Waals surface area contributed by atoms with E-state index in [1.807, 2.05) is 0 Å². The molecule has 0 aromatic carbocycles. The summed E-state index contributed by atoms with van der Waals surface area (Å²) in [7, 11) is 0. The van der Waals surface area contributed by atoms with Gasteiger partial charge >= 0.3 is 0 Å². The molecule has 4 nitrogen and oxygen atoms in total. The standard InChI is InChI=1S/C22H37NO3/c1-2-3-4-5-9-12-15-20-21(26-20)16-13-10-7-6-8-11-14-17-22(25)23-18-19-24/h6,8-10,12-13,20-21,24H,2-5,7,11,14-19H2,1H3,(H,23,25)/b8-6-,12-9-,13-10-. The summed E-state index contributed by atoms with van der Waals surface area (Å²) < 4.78 is 5.68. The Labute approximate surface area is 159 Å². The zero-order valence-electron chi connectivity index (χ0n) is 16.4. The SMILES string of the molecule is CCCCC/C=C\CC1OC1C/C=C\C/C=C\CCCC(=O)NCCO. The van der Waals surface area contributed by atoms with E-state index in [-0.39, 0.29) is 12.5 Å². The molecular formula is C22H37NO3. The van der Waals surface area contributed by atoms with Crippen molar-refractivity contribution in [3.05, 3.63) is 36.5 Å². The van der Waals surface area contributed by atoms with Crippen LogP contribution in [0.15, 0.2) is 36.5 Å². The number of aliphatic hydroxyl groups is 1. The highest BCUT2D eigenvalue weighted by Gasteiger charge is 2.35. The van der Waals surface area contributed by atoms with Crippen LogP contribution in [0, 0.1) is 0 Å². The molecule has 2 atom stereocenters. The van der Waals surface area contributed by atoms with Crippen molar-refractivity contribution >= 4 is 5.91 Å². The summed E-state index contributed by atoms with van der Waals surface area (Å²) in [6.45, 7) is 2.58. The lowest BCUT2D eigenvalue weighted by Crippen LogP contribution is -2.25. The van der Waals surface area contributed by atoms with E-state index >= 15 is 0 Å². The summed E-state index contributed by atoms with van der Waals surface area (Å²) in [5, 5.41) is 11.3. The van der Waals surface area contributed by atoms with Crippen LogP contribution in [0.5, 0.6) is 0 Å². The van der Waals surface area contributed by atoms with E-state index in [1.54, 1.807) is 0 Å². The van der Waals surface area contributed by atoms with Gasteiger partial charge < -0.3 is 15.2 Å². The number of unbranched alkanes of at least 4 members (excludes halogenated alkanes) is 4. The second-order valence-corrected chi connectivity index (χ2v) is 6.80. The lowest BCUT2D eigenvalue weighted by molar-refractivity contribution is -0.121. The number of hydrogen-bond acceptors (Lipinski definition) is 3. The maximum atomic E-state index is 11.3. The van der Waals surface area contributed by atoms with Gasteiger partial charge in [-0.2, -0.15) is 0 Å². The maximum absolute atomic E-state index is 11.3. The van der Waals surface area contributed by atoms with Crippen molar-refractivity contribution in [3.8, 4) is 0 Å². The molecule has 0 spiro atoms. The fourth-order valence-electron chi connectivity index (χ4n) is 2.74. The number of epoxide rings is 1. The monoisotopic (exact) mass is 363 g/mol. The van der Waals surface area contributed by atoms with Crippen molar-refractivity contribution < 1.29 is 14.6 Å². The van der Waals surface area contributed by atoms with E-state index in [1.165, 1.54) is 25.7 Å². The van der Waals surface area contributed by atoms with Crippen molar-refractivity contribution in [2.75, 3.05) is 13.2 Å². The van der Waals surface area contributed by atoms with Gasteiger partial charge in [0.15, 0.2) is 0 Å². The van der Waals surface area contributed by atoms with E-state index in [0.717, 1.165) is 32.1 Å². The number of carbonyl (C=O) groups is 1. The number of amides is 1. The second-order valence-electron chi connectivity index (χ2n) is 6.80. The van der Waals surface area contributed by atoms with Crippen LogP contribution in [0.25, 0.3) is 0 Å². The van der Waals surface area contributed by atoms with Gasteiger partial charge in [-0.25, -0.2) is 0 Å². The summed E-state index contributed by atoms with van der Waals surface area (Å²) in [6.07, 6.45) is 24.5. The molecule has 2 unspecified atom stereocenters. The molecule has 0 radical (unpaired) electrons. The Bertz CT molecular complexity index is 443. The molecule has 148 valence electrons. The first-order chi connectivity index (χ1) is 12.8. The number of rotatable bonds is 16. The van der Waals surface area contributed by atoms with Crippen molar-refractivity contribution in [3.63, 3.8) is 0 Å². The molecule has 2 N–H and O–H groups in total. The van der Waals surface area contributed by atoms with Gasteiger partial charge in [0.1, 0.15) is 0 Å². The van der Waals surface area contributed by atoms with Crippen LogP contribution < -0.4 is 5.32 Å². The Morgan fingerprint density at radius 3 is 2.35 bits per heavy atom. The Kier molecular flexibility index (Phi) is 13.8. The van der Waals surface area contributed by atoms with E-state index in [4.69, 9.17) is 9.84 Å². The summed E-state index contributed by atoms with van der Waals surface area (Å²) >= 11 is 0. The van der Waals surface area contributed by atoms with Gasteiger partial charge in [-0.1, -0.05) is 56.2 Å². The predicted octanol–water partition coefficient (Wildman–Crippen LogP) is 4.45. The van der Waals surface area contributed by atoms with Crippen LogP contribution in [-0.2, 0) is 9.53 Å². The molecule has 1 amide bonds. The summed E-state index contributed by atoms with van der Waals surface area (Å²) in [5.74, 6) is 0.0159. The topological polar surface area (TPSA) is 61.9 Å². The molecule has 1 aliphatic rings. The van der Waals surface area contributed by atoms with Gasteiger partial charge in [-0.05, 0) is 44.9 Å². The molecule has 1 saturated heterocycles. The van der Waals surface area contributed by atoms with E-state index in [9.17, 15) is 4.79 Å². The lowest BCUT2D eigenvalue weighted by atomic mass is 10.1. The fraction of sp³-hybridized carbons (Fsp3) is 0.682. The molecule has 0 aromatic heterocycles. The number of aliphatic hydroxyl groups excluding tert-OH is 1. The van der Waals surface area contributed by atoms with Crippen molar-refractivity contribution in [2.45, 2.75) is 83.3 Å². The van der Waals surface area contributed by atoms with Crippen LogP contribution in [0.3, 0.4) is 0 Å². The summed E-state index contributed by atoms with van der Waals surface area (Å²) in [5.41, 5.74) is 0. The van der Waals surface area contributed by atoms with Crippen molar-refractivity contribution in [2.24, 2.45) is 0 Å². The largest absolute Gasteiger partial charge is 0.395 e. The van der Waals surface area contributed by atoms with E-state index in [0.29, 0.717) is 25.2 Å². The quantitative estimate of drug-likeness (QED) is 0.242. The molecule has 1 fully saturated rings. The highest BCUT2D eigenvalue weighted by molar-refractivity contribution is 5.75. The molecule has 1 heterocycles. The van der Waals surface area contributed by atoms with Crippen molar-refractivity contribution in [1.82, 2.24) is 5.32 Å². The zero-order valence-corrected chi connectivity index (χ0v) is 16.4. The van der Waals surface area contributed by atoms with Crippen molar-refractivity contribution in [1.29, 1.82) is 0 Å². The summed E-state index contributed by atoms with van der Waals surface area (Å²) in [4.78, 5) is 11.3. The van der Waals surface area contributed by atoms with Gasteiger partial charge in [0, 0.05) is 13.0 Å². The minimum atomic E-state index is 0.000366. The van der Waals surface area contributed by atoms with E-state index < -0.39 is 0 Å². The number of allylic oxidation sites excluding steroid dienone is 4. The van der Waals surface area contributed by atoms with Gasteiger partial charge in [0.05, 0.1) is 18.8 Å². The van der Waals surface area contributed by atoms with Crippen LogP contribution in [-0.4, -0.2) is 36.4 Å². The number of carbonyl (C=O) groups excluding carboxylic acids is 1. The van der Waals surface area contributed by atoms with Crippen LogP contribution >= 0.6 is 0 Å². The molecule has 1 rings (SSSR count). The third-order valence-electron chi connectivity index (χ3n) is 4.38. The first kappa shape index (κ1) is 22.7. The Morgan fingerprint density at radius 1 is 0.962 bits per heavy atom. The second kappa shape index (κ2) is 15.8. The maximum Gasteiger partial charge on any atom is 0.220 e.